The van der Waals surface area contributed by atoms with E-state index in [1.165, 1.54) is 12.1 Å². The lowest BCUT2D eigenvalue weighted by Gasteiger charge is -2.25. The van der Waals surface area contributed by atoms with Crippen LogP contribution in [0.2, 0.25) is 0 Å². The standard InChI is InChI=1S/C13H12F3N3O/c14-13(15,16)10-3-1-2-9(5-10)12-18-11(20-19-12)4-8-6-17-7-8/h1-3,5,8,17H,4,6-7H2. The summed E-state index contributed by atoms with van der Waals surface area (Å²) >= 11 is 0. The second-order valence-corrected chi connectivity index (χ2v) is 4.82. The second-order valence-electron chi connectivity index (χ2n) is 4.82. The zero-order valence-electron chi connectivity index (χ0n) is 10.4. The quantitative estimate of drug-likeness (QED) is 0.940. The molecule has 3 rings (SSSR count). The van der Waals surface area contributed by atoms with Crippen molar-refractivity contribution in [3.05, 3.63) is 35.7 Å². The maximum Gasteiger partial charge on any atom is 0.416 e. The number of hydrogen-bond acceptors (Lipinski definition) is 4. The van der Waals surface area contributed by atoms with Crippen LogP contribution in [0.25, 0.3) is 11.4 Å². The summed E-state index contributed by atoms with van der Waals surface area (Å²) in [6.07, 6.45) is -3.72. The molecule has 0 radical (unpaired) electrons. The maximum absolute atomic E-state index is 12.6. The molecule has 2 heterocycles. The minimum atomic E-state index is -4.37. The average Bonchev–Trinajstić information content (AvgIpc) is 2.82. The van der Waals surface area contributed by atoms with Gasteiger partial charge in [0.05, 0.1) is 5.56 Å². The molecule has 1 saturated heterocycles. The van der Waals surface area contributed by atoms with Gasteiger partial charge in [0.1, 0.15) is 0 Å². The van der Waals surface area contributed by atoms with Crippen molar-refractivity contribution in [2.45, 2.75) is 12.6 Å². The number of nitrogens with zero attached hydrogens (tertiary/aromatic N) is 2. The molecule has 1 aromatic carbocycles. The lowest BCUT2D eigenvalue weighted by molar-refractivity contribution is -0.137. The summed E-state index contributed by atoms with van der Waals surface area (Å²) in [5, 5.41) is 6.88. The van der Waals surface area contributed by atoms with Crippen LogP contribution in [0, 0.1) is 5.92 Å². The van der Waals surface area contributed by atoms with Crippen LogP contribution < -0.4 is 5.32 Å². The van der Waals surface area contributed by atoms with Crippen molar-refractivity contribution in [1.29, 1.82) is 0 Å². The smallest absolute Gasteiger partial charge is 0.339 e. The number of aromatic nitrogens is 2. The molecule has 1 aromatic heterocycles. The summed E-state index contributed by atoms with van der Waals surface area (Å²) in [7, 11) is 0. The third kappa shape index (κ3) is 2.67. The Hall–Kier alpha value is -1.89. The minimum Gasteiger partial charge on any atom is -0.339 e. The summed E-state index contributed by atoms with van der Waals surface area (Å²) in [6, 6.07) is 4.92. The Bertz CT molecular complexity index is 605. The second kappa shape index (κ2) is 4.90. The third-order valence-electron chi connectivity index (χ3n) is 3.25. The number of hydrogen-bond donors (Lipinski definition) is 1. The van der Waals surface area contributed by atoms with Gasteiger partial charge in [0.2, 0.25) is 11.7 Å². The van der Waals surface area contributed by atoms with Crippen LogP contribution in [0.5, 0.6) is 0 Å². The summed E-state index contributed by atoms with van der Waals surface area (Å²) in [4.78, 5) is 4.15. The molecule has 106 valence electrons. The highest BCUT2D eigenvalue weighted by molar-refractivity contribution is 5.55. The van der Waals surface area contributed by atoms with E-state index >= 15 is 0 Å². The highest BCUT2D eigenvalue weighted by Crippen LogP contribution is 2.31. The Labute approximate surface area is 113 Å². The fourth-order valence-corrected chi connectivity index (χ4v) is 2.03. The number of rotatable bonds is 3. The molecule has 0 spiro atoms. The predicted octanol–water partition coefficient (Wildman–Crippen LogP) is 2.52. The largest absolute Gasteiger partial charge is 0.416 e. The number of halogens is 3. The van der Waals surface area contributed by atoms with Crippen molar-refractivity contribution in [2.24, 2.45) is 5.92 Å². The van der Waals surface area contributed by atoms with Gasteiger partial charge in [-0.3, -0.25) is 0 Å². The van der Waals surface area contributed by atoms with Gasteiger partial charge in [0.25, 0.3) is 0 Å². The van der Waals surface area contributed by atoms with Crippen LogP contribution >= 0.6 is 0 Å². The van der Waals surface area contributed by atoms with Crippen molar-refractivity contribution in [2.75, 3.05) is 13.1 Å². The van der Waals surface area contributed by atoms with Crippen molar-refractivity contribution < 1.29 is 17.7 Å². The van der Waals surface area contributed by atoms with Crippen LogP contribution in [0.15, 0.2) is 28.8 Å². The zero-order chi connectivity index (χ0) is 14.2. The normalized spacial score (nSPS) is 16.1. The number of nitrogens with one attached hydrogen (secondary N) is 1. The van der Waals surface area contributed by atoms with E-state index in [4.69, 9.17) is 4.52 Å². The molecule has 4 nitrogen and oxygen atoms in total. The first-order valence-corrected chi connectivity index (χ1v) is 6.23. The Kier molecular flexibility index (Phi) is 3.21. The molecule has 20 heavy (non-hydrogen) atoms. The lowest BCUT2D eigenvalue weighted by atomic mass is 10.00. The van der Waals surface area contributed by atoms with E-state index in [0.717, 1.165) is 25.2 Å². The van der Waals surface area contributed by atoms with Crippen LogP contribution in [-0.4, -0.2) is 23.2 Å². The van der Waals surface area contributed by atoms with Crippen molar-refractivity contribution >= 4 is 0 Å². The van der Waals surface area contributed by atoms with Gasteiger partial charge in [0, 0.05) is 12.0 Å². The molecule has 1 fully saturated rings. The highest BCUT2D eigenvalue weighted by Gasteiger charge is 2.30. The fraction of sp³-hybridized carbons (Fsp3) is 0.385. The maximum atomic E-state index is 12.6. The molecule has 2 aromatic rings. The van der Waals surface area contributed by atoms with E-state index in [9.17, 15) is 13.2 Å². The molecular formula is C13H12F3N3O. The van der Waals surface area contributed by atoms with E-state index in [2.05, 4.69) is 15.5 Å². The molecule has 0 saturated carbocycles. The van der Waals surface area contributed by atoms with Crippen LogP contribution in [-0.2, 0) is 12.6 Å². The first-order chi connectivity index (χ1) is 9.52. The lowest BCUT2D eigenvalue weighted by Crippen LogP contribution is -2.43. The molecule has 1 aliphatic rings. The summed E-state index contributed by atoms with van der Waals surface area (Å²) < 4.78 is 43.0. The van der Waals surface area contributed by atoms with Gasteiger partial charge < -0.3 is 9.84 Å². The van der Waals surface area contributed by atoms with E-state index < -0.39 is 11.7 Å². The summed E-state index contributed by atoms with van der Waals surface area (Å²) in [5.41, 5.74) is -0.411. The Morgan fingerprint density at radius 3 is 2.75 bits per heavy atom. The number of alkyl halides is 3. The molecule has 0 aliphatic carbocycles. The fourth-order valence-electron chi connectivity index (χ4n) is 2.03. The highest BCUT2D eigenvalue weighted by atomic mass is 19.4. The van der Waals surface area contributed by atoms with Gasteiger partial charge in [-0.1, -0.05) is 17.3 Å². The van der Waals surface area contributed by atoms with Crippen LogP contribution in [0.1, 0.15) is 11.5 Å². The van der Waals surface area contributed by atoms with E-state index in [0.29, 0.717) is 23.8 Å². The van der Waals surface area contributed by atoms with Gasteiger partial charge in [-0.05, 0) is 31.1 Å². The van der Waals surface area contributed by atoms with E-state index in [1.54, 1.807) is 0 Å². The molecule has 0 atom stereocenters. The van der Waals surface area contributed by atoms with Crippen molar-refractivity contribution in [3.63, 3.8) is 0 Å². The van der Waals surface area contributed by atoms with Crippen molar-refractivity contribution in [1.82, 2.24) is 15.5 Å². The van der Waals surface area contributed by atoms with Gasteiger partial charge in [-0.2, -0.15) is 18.2 Å². The zero-order valence-corrected chi connectivity index (χ0v) is 10.4. The molecule has 0 unspecified atom stereocenters. The third-order valence-corrected chi connectivity index (χ3v) is 3.25. The summed E-state index contributed by atoms with van der Waals surface area (Å²) in [6.45, 7) is 1.81. The molecule has 1 N–H and O–H groups in total. The number of benzene rings is 1. The minimum absolute atomic E-state index is 0.193. The van der Waals surface area contributed by atoms with Crippen molar-refractivity contribution in [3.8, 4) is 11.4 Å². The Morgan fingerprint density at radius 1 is 1.30 bits per heavy atom. The average molecular weight is 283 g/mol. The van der Waals surface area contributed by atoms with Gasteiger partial charge in [0.15, 0.2) is 0 Å². The van der Waals surface area contributed by atoms with Gasteiger partial charge >= 0.3 is 6.18 Å². The van der Waals surface area contributed by atoms with Crippen LogP contribution in [0.4, 0.5) is 13.2 Å². The van der Waals surface area contributed by atoms with E-state index in [-0.39, 0.29) is 5.82 Å². The first kappa shape index (κ1) is 13.1. The van der Waals surface area contributed by atoms with E-state index in [1.807, 2.05) is 0 Å². The topological polar surface area (TPSA) is 51.0 Å². The van der Waals surface area contributed by atoms with Gasteiger partial charge in [-0.25, -0.2) is 0 Å². The molecule has 7 heteroatoms. The molecular weight excluding hydrogens is 271 g/mol. The summed E-state index contributed by atoms with van der Waals surface area (Å²) in [5.74, 6) is 1.12. The van der Waals surface area contributed by atoms with Gasteiger partial charge in [-0.15, -0.1) is 0 Å². The first-order valence-electron chi connectivity index (χ1n) is 6.23. The van der Waals surface area contributed by atoms with Crippen LogP contribution in [0.3, 0.4) is 0 Å². The molecule has 0 amide bonds. The Balaban J connectivity index is 1.81. The monoisotopic (exact) mass is 283 g/mol. The predicted molar refractivity (Wildman–Crippen MR) is 64.8 cm³/mol. The Morgan fingerprint density at radius 2 is 2.10 bits per heavy atom. The molecule has 0 bridgehead atoms. The SMILES string of the molecule is FC(F)(F)c1cccc(-c2noc(CC3CNC3)n2)c1. The molecule has 1 aliphatic heterocycles.